The Balaban J connectivity index is 1.70. The van der Waals surface area contributed by atoms with E-state index in [2.05, 4.69) is 48.5 Å². The van der Waals surface area contributed by atoms with Crippen LogP contribution in [-0.4, -0.2) is 48.6 Å². The monoisotopic (exact) mass is 288 g/mol. The normalized spacial score (nSPS) is 20.8. The maximum atomic E-state index is 4.28. The van der Waals surface area contributed by atoms with Crippen LogP contribution in [0.5, 0.6) is 0 Å². The van der Waals surface area contributed by atoms with Crippen molar-refractivity contribution in [3.63, 3.8) is 0 Å². The predicted molar refractivity (Wildman–Crippen MR) is 92.6 cm³/mol. The minimum Gasteiger partial charge on any atom is -0.303 e. The van der Waals surface area contributed by atoms with E-state index in [1.54, 1.807) is 0 Å². The van der Waals surface area contributed by atoms with Gasteiger partial charge in [-0.15, -0.1) is 0 Å². The van der Waals surface area contributed by atoms with Crippen LogP contribution in [0.3, 0.4) is 0 Å². The van der Waals surface area contributed by atoms with Crippen molar-refractivity contribution < 1.29 is 0 Å². The molecule has 0 amide bonds. The van der Waals surface area contributed by atoms with Crippen molar-refractivity contribution in [2.75, 3.05) is 32.7 Å². The lowest BCUT2D eigenvalue weighted by Gasteiger charge is -2.37. The summed E-state index contributed by atoms with van der Waals surface area (Å²) < 4.78 is 0. The molecule has 0 aromatic carbocycles. The third-order valence-corrected chi connectivity index (χ3v) is 5.02. The van der Waals surface area contributed by atoms with Gasteiger partial charge in [-0.1, -0.05) is 38.7 Å². The van der Waals surface area contributed by atoms with E-state index in [9.17, 15) is 0 Å². The van der Waals surface area contributed by atoms with E-state index in [0.29, 0.717) is 0 Å². The van der Waals surface area contributed by atoms with Crippen LogP contribution in [0.1, 0.15) is 46.0 Å². The molecular weight excluding hydrogens is 256 g/mol. The van der Waals surface area contributed by atoms with Gasteiger partial charge in [0.15, 0.2) is 0 Å². The first-order valence-electron chi connectivity index (χ1n) is 8.75. The first-order chi connectivity index (χ1) is 10.2. The smallest absolute Gasteiger partial charge is 0.0119 e. The third-order valence-electron chi connectivity index (χ3n) is 5.02. The first-order valence-corrected chi connectivity index (χ1v) is 8.75. The average Bonchev–Trinajstić information content (AvgIpc) is 2.55. The Labute approximate surface area is 131 Å². The highest BCUT2D eigenvalue weighted by Crippen LogP contribution is 2.21. The first kappa shape index (κ1) is 16.5. The summed E-state index contributed by atoms with van der Waals surface area (Å²) in [5, 5.41) is 0. The summed E-state index contributed by atoms with van der Waals surface area (Å²) >= 11 is 0. The van der Waals surface area contributed by atoms with Crippen LogP contribution in [0.2, 0.25) is 0 Å². The number of likely N-dealkylation sites (tertiary alicyclic amines) is 1. The van der Waals surface area contributed by atoms with E-state index in [4.69, 9.17) is 0 Å². The number of nitrogens with zero attached hydrogens (tertiary/aromatic N) is 2. The fraction of sp³-hybridized carbons (Fsp3) is 0.684. The Bertz CT molecular complexity index is 382. The lowest BCUT2D eigenvalue weighted by molar-refractivity contribution is 0.117. The van der Waals surface area contributed by atoms with Gasteiger partial charge in [-0.3, -0.25) is 0 Å². The van der Waals surface area contributed by atoms with Crippen LogP contribution in [0.25, 0.3) is 0 Å². The van der Waals surface area contributed by atoms with Crippen molar-refractivity contribution in [3.05, 3.63) is 36.0 Å². The highest BCUT2D eigenvalue weighted by molar-refractivity contribution is 5.39. The van der Waals surface area contributed by atoms with E-state index >= 15 is 0 Å². The van der Waals surface area contributed by atoms with Gasteiger partial charge in [0.2, 0.25) is 0 Å². The summed E-state index contributed by atoms with van der Waals surface area (Å²) in [5.74, 6) is 0. The molecule has 2 heteroatoms. The van der Waals surface area contributed by atoms with Gasteiger partial charge in [-0.05, 0) is 69.4 Å². The van der Waals surface area contributed by atoms with Gasteiger partial charge in [0, 0.05) is 12.6 Å². The molecular formula is C19H32N2. The van der Waals surface area contributed by atoms with Gasteiger partial charge in [-0.25, -0.2) is 0 Å². The fourth-order valence-corrected chi connectivity index (χ4v) is 3.56. The lowest BCUT2D eigenvalue weighted by atomic mass is 9.97. The molecule has 0 unspecified atom stereocenters. The van der Waals surface area contributed by atoms with Gasteiger partial charge in [0.1, 0.15) is 0 Å². The van der Waals surface area contributed by atoms with Crippen LogP contribution < -0.4 is 0 Å². The molecule has 0 spiro atoms. The number of hydrogen-bond donors (Lipinski definition) is 0. The summed E-state index contributed by atoms with van der Waals surface area (Å²) in [4.78, 5) is 5.24. The molecule has 0 radical (unpaired) electrons. The molecule has 1 aliphatic heterocycles. The molecule has 0 N–H and O–H groups in total. The summed E-state index contributed by atoms with van der Waals surface area (Å²) in [6.45, 7) is 14.9. The Morgan fingerprint density at radius 3 is 2.52 bits per heavy atom. The van der Waals surface area contributed by atoms with Gasteiger partial charge in [0.05, 0.1) is 0 Å². The molecule has 0 aromatic rings. The molecule has 1 heterocycles. The Morgan fingerprint density at radius 1 is 1.24 bits per heavy atom. The largest absolute Gasteiger partial charge is 0.303 e. The molecule has 118 valence electrons. The van der Waals surface area contributed by atoms with Crippen LogP contribution in [0, 0.1) is 0 Å². The summed E-state index contributed by atoms with van der Waals surface area (Å²) in [5.41, 5.74) is 2.69. The van der Waals surface area contributed by atoms with Crippen molar-refractivity contribution in [1.29, 1.82) is 0 Å². The van der Waals surface area contributed by atoms with Gasteiger partial charge in [0.25, 0.3) is 0 Å². The van der Waals surface area contributed by atoms with Crippen molar-refractivity contribution in [3.8, 4) is 0 Å². The second kappa shape index (κ2) is 8.55. The van der Waals surface area contributed by atoms with Crippen molar-refractivity contribution >= 4 is 0 Å². The average molecular weight is 288 g/mol. The summed E-state index contributed by atoms with van der Waals surface area (Å²) in [6, 6.07) is 0.809. The standard InChI is InChI=1S/C19H32N2/c1-4-21(5-2)19-12-15-20(16-13-19)14-11-17(3)18-9-7-6-8-10-18/h7,9-10,19H,3-6,8,11-16H2,1-2H3. The van der Waals surface area contributed by atoms with E-state index in [1.165, 1.54) is 69.6 Å². The van der Waals surface area contributed by atoms with Crippen molar-refractivity contribution in [2.24, 2.45) is 0 Å². The topological polar surface area (TPSA) is 6.48 Å². The van der Waals surface area contributed by atoms with E-state index in [0.717, 1.165) is 12.5 Å². The lowest BCUT2D eigenvalue weighted by Crippen LogP contribution is -2.45. The molecule has 2 rings (SSSR count). The molecule has 1 aliphatic carbocycles. The number of rotatable bonds is 7. The molecule has 0 aromatic heterocycles. The van der Waals surface area contributed by atoms with Crippen LogP contribution in [0.15, 0.2) is 36.0 Å². The zero-order valence-electron chi connectivity index (χ0n) is 14.0. The Hall–Kier alpha value is -0.860. The van der Waals surface area contributed by atoms with Crippen molar-refractivity contribution in [2.45, 2.75) is 52.0 Å². The van der Waals surface area contributed by atoms with Crippen molar-refractivity contribution in [1.82, 2.24) is 9.80 Å². The number of hydrogen-bond acceptors (Lipinski definition) is 2. The highest BCUT2D eigenvalue weighted by atomic mass is 15.2. The quantitative estimate of drug-likeness (QED) is 0.698. The molecule has 2 nitrogen and oxygen atoms in total. The second-order valence-corrected chi connectivity index (χ2v) is 6.29. The second-order valence-electron chi connectivity index (χ2n) is 6.29. The fourth-order valence-electron chi connectivity index (χ4n) is 3.56. The van der Waals surface area contributed by atoms with Gasteiger partial charge >= 0.3 is 0 Å². The predicted octanol–water partition coefficient (Wildman–Crippen LogP) is 4.02. The van der Waals surface area contributed by atoms with Gasteiger partial charge in [-0.2, -0.15) is 0 Å². The maximum absolute atomic E-state index is 4.28. The zero-order chi connectivity index (χ0) is 15.1. The molecule has 21 heavy (non-hydrogen) atoms. The molecule has 1 saturated heterocycles. The van der Waals surface area contributed by atoms with Crippen LogP contribution in [-0.2, 0) is 0 Å². The van der Waals surface area contributed by atoms with E-state index < -0.39 is 0 Å². The molecule has 0 saturated carbocycles. The van der Waals surface area contributed by atoms with Gasteiger partial charge < -0.3 is 9.80 Å². The molecule has 1 fully saturated rings. The Morgan fingerprint density at radius 2 is 1.95 bits per heavy atom. The van der Waals surface area contributed by atoms with E-state index in [1.807, 2.05) is 0 Å². The van der Waals surface area contributed by atoms with E-state index in [-0.39, 0.29) is 0 Å². The summed E-state index contributed by atoms with van der Waals surface area (Å²) in [6.07, 6.45) is 13.0. The summed E-state index contributed by atoms with van der Waals surface area (Å²) in [7, 11) is 0. The Kier molecular flexibility index (Phi) is 6.72. The minimum atomic E-state index is 0.809. The van der Waals surface area contributed by atoms with Crippen LogP contribution >= 0.6 is 0 Å². The number of piperidine rings is 1. The highest BCUT2D eigenvalue weighted by Gasteiger charge is 2.22. The zero-order valence-corrected chi connectivity index (χ0v) is 14.0. The van der Waals surface area contributed by atoms with Crippen LogP contribution in [0.4, 0.5) is 0 Å². The minimum absolute atomic E-state index is 0.809. The molecule has 0 atom stereocenters. The third kappa shape index (κ3) is 4.82. The SMILES string of the molecule is C=C(CCN1CCC(N(CC)CC)CC1)C1=CCCC=C1. The maximum Gasteiger partial charge on any atom is 0.0119 e. The molecule has 0 bridgehead atoms. The molecule has 2 aliphatic rings. The number of allylic oxidation sites excluding steroid dienone is 4.